The van der Waals surface area contributed by atoms with Gasteiger partial charge in [0.05, 0.1) is 12.4 Å². The molecule has 2 aromatic heterocycles. The summed E-state index contributed by atoms with van der Waals surface area (Å²) >= 11 is 3.27. The number of rotatable bonds is 4. The molecule has 0 saturated carbocycles. The van der Waals surface area contributed by atoms with Gasteiger partial charge in [-0.25, -0.2) is 9.97 Å². The third kappa shape index (κ3) is 3.13. The van der Waals surface area contributed by atoms with Gasteiger partial charge in [0.2, 0.25) is 0 Å². The molecule has 0 bridgehead atoms. The summed E-state index contributed by atoms with van der Waals surface area (Å²) in [6.07, 6.45) is 3.45. The minimum atomic E-state index is -0.186. The van der Waals surface area contributed by atoms with E-state index in [0.717, 1.165) is 34.4 Å². The van der Waals surface area contributed by atoms with E-state index in [4.69, 9.17) is 4.74 Å². The number of fused-ring (bicyclic) bond motifs is 3. The third-order valence-electron chi connectivity index (χ3n) is 3.87. The van der Waals surface area contributed by atoms with E-state index in [2.05, 4.69) is 16.9 Å². The molecule has 0 N–H and O–H groups in total. The van der Waals surface area contributed by atoms with E-state index < -0.39 is 0 Å². The molecular weight excluding hydrogens is 316 g/mol. The smallest absolute Gasteiger partial charge is 0.316 e. The molecule has 6 heteroatoms. The van der Waals surface area contributed by atoms with Gasteiger partial charge in [0.1, 0.15) is 15.7 Å². The predicted molar refractivity (Wildman–Crippen MR) is 90.7 cm³/mol. The van der Waals surface area contributed by atoms with Crippen molar-refractivity contribution in [3.63, 3.8) is 0 Å². The lowest BCUT2D eigenvalue weighted by Gasteiger charge is -2.18. The number of carbonyl (C=O) groups is 1. The highest BCUT2D eigenvalue weighted by Crippen LogP contribution is 2.40. The Bertz CT molecular complexity index is 712. The van der Waals surface area contributed by atoms with Gasteiger partial charge in [0.15, 0.2) is 0 Å². The molecule has 2 heterocycles. The molecule has 0 aliphatic heterocycles. The average Bonchev–Trinajstić information content (AvgIpc) is 2.81. The number of esters is 1. The molecule has 1 aliphatic carbocycles. The molecule has 0 amide bonds. The predicted octanol–water partition coefficient (Wildman–Crippen LogP) is 3.78. The lowest BCUT2D eigenvalue weighted by atomic mass is 9.89. The lowest BCUT2D eigenvalue weighted by Crippen LogP contribution is -2.09. The number of carbonyl (C=O) groups excluding carboxylic acids is 1. The van der Waals surface area contributed by atoms with Crippen LogP contribution in [-0.2, 0) is 22.4 Å². The van der Waals surface area contributed by atoms with E-state index in [0.29, 0.717) is 12.4 Å². The normalized spacial score (nSPS) is 17.5. The van der Waals surface area contributed by atoms with Crippen LogP contribution in [0.25, 0.3) is 10.2 Å². The van der Waals surface area contributed by atoms with Crippen LogP contribution in [0.15, 0.2) is 5.03 Å². The molecular formula is C16H20N2O2S2. The molecule has 0 spiro atoms. The summed E-state index contributed by atoms with van der Waals surface area (Å²) in [5.74, 6) is 1.63. The molecule has 1 aliphatic rings. The maximum atomic E-state index is 11.6. The molecule has 118 valence electrons. The second-order valence-electron chi connectivity index (χ2n) is 5.70. The molecule has 0 saturated heterocycles. The zero-order valence-electron chi connectivity index (χ0n) is 13.1. The second-order valence-corrected chi connectivity index (χ2v) is 7.75. The van der Waals surface area contributed by atoms with Crippen molar-refractivity contribution in [2.75, 3.05) is 12.4 Å². The maximum absolute atomic E-state index is 11.6. The molecule has 1 atom stereocenters. The van der Waals surface area contributed by atoms with Crippen molar-refractivity contribution < 1.29 is 9.53 Å². The monoisotopic (exact) mass is 336 g/mol. The van der Waals surface area contributed by atoms with E-state index in [1.54, 1.807) is 11.3 Å². The van der Waals surface area contributed by atoms with Crippen molar-refractivity contribution in [3.8, 4) is 0 Å². The molecule has 0 fully saturated rings. The van der Waals surface area contributed by atoms with E-state index in [1.165, 1.54) is 34.0 Å². The number of thioether (sulfide) groups is 1. The number of aryl methyl sites for hydroxylation is 2. The molecule has 0 aromatic carbocycles. The van der Waals surface area contributed by atoms with Crippen molar-refractivity contribution in [2.24, 2.45) is 5.92 Å². The van der Waals surface area contributed by atoms with Crippen molar-refractivity contribution in [1.82, 2.24) is 9.97 Å². The summed E-state index contributed by atoms with van der Waals surface area (Å²) in [6.45, 7) is 6.46. The average molecular weight is 336 g/mol. The van der Waals surface area contributed by atoms with Crippen LogP contribution in [0.4, 0.5) is 0 Å². The Hall–Kier alpha value is -1.14. The number of aromatic nitrogens is 2. The van der Waals surface area contributed by atoms with Gasteiger partial charge in [-0.2, -0.15) is 0 Å². The van der Waals surface area contributed by atoms with Crippen LogP contribution in [0, 0.1) is 12.8 Å². The Morgan fingerprint density at radius 2 is 2.27 bits per heavy atom. The summed E-state index contributed by atoms with van der Waals surface area (Å²) < 4.78 is 5.01. The fourth-order valence-corrected chi connectivity index (χ4v) is 5.24. The summed E-state index contributed by atoms with van der Waals surface area (Å²) in [4.78, 5) is 23.3. The van der Waals surface area contributed by atoms with E-state index in [1.807, 2.05) is 13.8 Å². The second kappa shape index (κ2) is 6.54. The number of thiophene rings is 1. The fourth-order valence-electron chi connectivity index (χ4n) is 2.84. The standard InChI is InChI=1S/C16H20N2O2S2/c1-4-20-13(19)8-21-15-14-11-6-5-9(2)7-12(11)22-16(14)18-10(3)17-15/h9H,4-8H2,1-3H3/t9-/m0/s1. The van der Waals surface area contributed by atoms with Gasteiger partial charge in [-0.3, -0.25) is 4.79 Å². The first-order chi connectivity index (χ1) is 10.6. The Morgan fingerprint density at radius 3 is 3.05 bits per heavy atom. The number of ether oxygens (including phenoxy) is 1. The molecule has 0 unspecified atom stereocenters. The van der Waals surface area contributed by atoms with E-state index >= 15 is 0 Å². The molecule has 3 rings (SSSR count). The highest BCUT2D eigenvalue weighted by Gasteiger charge is 2.24. The van der Waals surface area contributed by atoms with Crippen molar-refractivity contribution >= 4 is 39.3 Å². The maximum Gasteiger partial charge on any atom is 0.316 e. The fraction of sp³-hybridized carbons (Fsp3) is 0.562. The topological polar surface area (TPSA) is 52.1 Å². The van der Waals surface area contributed by atoms with Crippen LogP contribution >= 0.6 is 23.1 Å². The van der Waals surface area contributed by atoms with Crippen LogP contribution in [0.3, 0.4) is 0 Å². The van der Waals surface area contributed by atoms with Crippen molar-refractivity contribution in [1.29, 1.82) is 0 Å². The first-order valence-electron chi connectivity index (χ1n) is 7.65. The molecule has 0 radical (unpaired) electrons. The SMILES string of the molecule is CCOC(=O)CSc1nc(C)nc2sc3c(c12)CC[C@H](C)C3. The van der Waals surface area contributed by atoms with Gasteiger partial charge in [-0.1, -0.05) is 18.7 Å². The Morgan fingerprint density at radius 1 is 1.45 bits per heavy atom. The van der Waals surface area contributed by atoms with Crippen molar-refractivity contribution in [2.45, 2.75) is 45.1 Å². The zero-order valence-corrected chi connectivity index (χ0v) is 14.8. The minimum Gasteiger partial charge on any atom is -0.465 e. The first-order valence-corrected chi connectivity index (χ1v) is 9.46. The van der Waals surface area contributed by atoms with Crippen LogP contribution in [0.2, 0.25) is 0 Å². The highest BCUT2D eigenvalue weighted by molar-refractivity contribution is 8.00. The number of hydrogen-bond donors (Lipinski definition) is 0. The molecule has 4 nitrogen and oxygen atoms in total. The summed E-state index contributed by atoms with van der Waals surface area (Å²) in [6, 6.07) is 0. The lowest BCUT2D eigenvalue weighted by molar-refractivity contribution is -0.139. The Labute approximate surface area is 138 Å². The molecule has 22 heavy (non-hydrogen) atoms. The summed E-state index contributed by atoms with van der Waals surface area (Å²) in [5, 5.41) is 2.11. The van der Waals surface area contributed by atoms with Gasteiger partial charge in [0.25, 0.3) is 0 Å². The van der Waals surface area contributed by atoms with Gasteiger partial charge < -0.3 is 4.74 Å². The largest absolute Gasteiger partial charge is 0.465 e. The summed E-state index contributed by atoms with van der Waals surface area (Å²) in [7, 11) is 0. The molecule has 2 aromatic rings. The Kier molecular flexibility index (Phi) is 4.68. The Balaban J connectivity index is 1.96. The first kappa shape index (κ1) is 15.7. The van der Waals surface area contributed by atoms with Gasteiger partial charge in [0, 0.05) is 10.3 Å². The van der Waals surface area contributed by atoms with E-state index in [9.17, 15) is 4.79 Å². The van der Waals surface area contributed by atoms with Crippen LogP contribution in [0.5, 0.6) is 0 Å². The minimum absolute atomic E-state index is 0.186. The van der Waals surface area contributed by atoms with Crippen molar-refractivity contribution in [3.05, 3.63) is 16.3 Å². The quantitative estimate of drug-likeness (QED) is 0.483. The number of nitrogens with zero attached hydrogens (tertiary/aromatic N) is 2. The summed E-state index contributed by atoms with van der Waals surface area (Å²) in [5.41, 5.74) is 1.41. The third-order valence-corrected chi connectivity index (χ3v) is 5.96. The zero-order chi connectivity index (χ0) is 15.7. The van der Waals surface area contributed by atoms with Gasteiger partial charge >= 0.3 is 5.97 Å². The highest BCUT2D eigenvalue weighted by atomic mass is 32.2. The van der Waals surface area contributed by atoms with Crippen LogP contribution in [-0.4, -0.2) is 28.3 Å². The van der Waals surface area contributed by atoms with E-state index in [-0.39, 0.29) is 5.97 Å². The van der Waals surface area contributed by atoms with Crippen LogP contribution in [0.1, 0.15) is 36.5 Å². The van der Waals surface area contributed by atoms with Crippen LogP contribution < -0.4 is 0 Å². The van der Waals surface area contributed by atoms with Gasteiger partial charge in [-0.15, -0.1) is 11.3 Å². The van der Waals surface area contributed by atoms with Gasteiger partial charge in [-0.05, 0) is 44.6 Å². The number of hydrogen-bond acceptors (Lipinski definition) is 6.